The molecular formula is C11H20O2. The quantitative estimate of drug-likeness (QED) is 0.716. The standard InChI is InChI=1S/C11H20O2/c1-10(2)6-5-8(7-10)11(3,4)9(12)13/h8H,5-7H2,1-4H3,(H,12,13). The number of hydrogen-bond acceptors (Lipinski definition) is 1. The molecule has 1 aliphatic rings. The van der Waals surface area contributed by atoms with E-state index in [-0.39, 0.29) is 0 Å². The predicted octanol–water partition coefficient (Wildman–Crippen LogP) is 2.92. The summed E-state index contributed by atoms with van der Waals surface area (Å²) in [5.41, 5.74) is -0.203. The first-order valence-corrected chi connectivity index (χ1v) is 4.99. The average molecular weight is 184 g/mol. The summed E-state index contributed by atoms with van der Waals surface area (Å²) >= 11 is 0. The molecule has 1 saturated carbocycles. The van der Waals surface area contributed by atoms with Crippen molar-refractivity contribution >= 4 is 5.97 Å². The first-order chi connectivity index (χ1) is 5.76. The highest BCUT2D eigenvalue weighted by Crippen LogP contribution is 2.48. The Kier molecular flexibility index (Phi) is 2.44. The van der Waals surface area contributed by atoms with Crippen molar-refractivity contribution in [2.45, 2.75) is 47.0 Å². The number of carboxylic acids is 1. The van der Waals surface area contributed by atoms with Crippen LogP contribution in [0.1, 0.15) is 47.0 Å². The minimum atomic E-state index is -0.657. The molecule has 0 aromatic rings. The fraction of sp³-hybridized carbons (Fsp3) is 0.909. The van der Waals surface area contributed by atoms with E-state index in [2.05, 4.69) is 13.8 Å². The molecule has 0 amide bonds. The Morgan fingerprint density at radius 1 is 1.46 bits per heavy atom. The molecule has 1 rings (SSSR count). The highest BCUT2D eigenvalue weighted by molar-refractivity contribution is 5.74. The van der Waals surface area contributed by atoms with Gasteiger partial charge in [-0.05, 0) is 44.4 Å². The van der Waals surface area contributed by atoms with Gasteiger partial charge in [0.25, 0.3) is 0 Å². The van der Waals surface area contributed by atoms with Gasteiger partial charge in [0.2, 0.25) is 0 Å². The Bertz CT molecular complexity index is 216. The summed E-state index contributed by atoms with van der Waals surface area (Å²) in [7, 11) is 0. The highest BCUT2D eigenvalue weighted by atomic mass is 16.4. The predicted molar refractivity (Wildman–Crippen MR) is 52.5 cm³/mol. The topological polar surface area (TPSA) is 37.3 Å². The lowest BCUT2D eigenvalue weighted by atomic mass is 9.76. The van der Waals surface area contributed by atoms with Crippen LogP contribution in [-0.2, 0) is 4.79 Å². The molecular weight excluding hydrogens is 164 g/mol. The summed E-state index contributed by atoms with van der Waals surface area (Å²) in [6.45, 7) is 8.15. The lowest BCUT2D eigenvalue weighted by Gasteiger charge is -2.28. The lowest BCUT2D eigenvalue weighted by molar-refractivity contribution is -0.150. The molecule has 2 nitrogen and oxygen atoms in total. The molecule has 0 aromatic carbocycles. The zero-order valence-corrected chi connectivity index (χ0v) is 9.05. The van der Waals surface area contributed by atoms with Gasteiger partial charge in [0, 0.05) is 0 Å². The molecule has 1 aliphatic carbocycles. The normalized spacial score (nSPS) is 27.5. The SMILES string of the molecule is CC1(C)CCC(C(C)(C)C(=O)O)C1. The first kappa shape index (κ1) is 10.6. The Morgan fingerprint density at radius 2 is 2.00 bits per heavy atom. The summed E-state index contributed by atoms with van der Waals surface area (Å²) < 4.78 is 0. The van der Waals surface area contributed by atoms with E-state index in [1.165, 1.54) is 0 Å². The van der Waals surface area contributed by atoms with Crippen molar-refractivity contribution in [1.29, 1.82) is 0 Å². The van der Waals surface area contributed by atoms with Crippen LogP contribution >= 0.6 is 0 Å². The second-order valence-corrected chi connectivity index (χ2v) is 5.63. The van der Waals surface area contributed by atoms with Crippen LogP contribution in [0.5, 0.6) is 0 Å². The van der Waals surface area contributed by atoms with Gasteiger partial charge in [-0.3, -0.25) is 4.79 Å². The van der Waals surface area contributed by atoms with Gasteiger partial charge in [0.1, 0.15) is 0 Å². The van der Waals surface area contributed by atoms with Crippen LogP contribution in [0.3, 0.4) is 0 Å². The van der Waals surface area contributed by atoms with Gasteiger partial charge in [-0.15, -0.1) is 0 Å². The fourth-order valence-electron chi connectivity index (χ4n) is 2.23. The third kappa shape index (κ3) is 2.04. The van der Waals surface area contributed by atoms with Gasteiger partial charge in [-0.1, -0.05) is 13.8 Å². The minimum absolute atomic E-state index is 0.345. The van der Waals surface area contributed by atoms with Crippen LogP contribution in [0.4, 0.5) is 0 Å². The van der Waals surface area contributed by atoms with E-state index in [1.54, 1.807) is 0 Å². The smallest absolute Gasteiger partial charge is 0.309 e. The highest BCUT2D eigenvalue weighted by Gasteiger charge is 2.43. The summed E-state index contributed by atoms with van der Waals surface area (Å²) in [6, 6.07) is 0. The van der Waals surface area contributed by atoms with Gasteiger partial charge >= 0.3 is 5.97 Å². The average Bonchev–Trinajstić information content (AvgIpc) is 2.30. The second kappa shape index (κ2) is 3.00. The van der Waals surface area contributed by atoms with Crippen LogP contribution in [0.2, 0.25) is 0 Å². The van der Waals surface area contributed by atoms with Crippen LogP contribution < -0.4 is 0 Å². The van der Waals surface area contributed by atoms with Gasteiger partial charge in [0.15, 0.2) is 0 Å². The monoisotopic (exact) mass is 184 g/mol. The van der Waals surface area contributed by atoms with Crippen molar-refractivity contribution in [2.75, 3.05) is 0 Å². The van der Waals surface area contributed by atoms with Crippen molar-refractivity contribution in [1.82, 2.24) is 0 Å². The number of hydrogen-bond donors (Lipinski definition) is 1. The molecule has 0 aromatic heterocycles. The van der Waals surface area contributed by atoms with Gasteiger partial charge in [-0.25, -0.2) is 0 Å². The maximum Gasteiger partial charge on any atom is 0.309 e. The molecule has 0 heterocycles. The van der Waals surface area contributed by atoms with Gasteiger partial charge in [0.05, 0.1) is 5.41 Å². The number of carboxylic acid groups (broad SMARTS) is 1. The Labute approximate surface area is 80.3 Å². The van der Waals surface area contributed by atoms with Crippen LogP contribution in [-0.4, -0.2) is 11.1 Å². The van der Waals surface area contributed by atoms with Crippen molar-refractivity contribution in [3.63, 3.8) is 0 Å². The number of carbonyl (C=O) groups is 1. The minimum Gasteiger partial charge on any atom is -0.481 e. The summed E-state index contributed by atoms with van der Waals surface area (Å²) in [5, 5.41) is 9.07. The fourth-order valence-corrected chi connectivity index (χ4v) is 2.23. The molecule has 76 valence electrons. The van der Waals surface area contributed by atoms with Crippen molar-refractivity contribution in [2.24, 2.45) is 16.7 Å². The van der Waals surface area contributed by atoms with E-state index in [0.717, 1.165) is 19.3 Å². The number of aliphatic carboxylic acids is 1. The maximum atomic E-state index is 11.0. The first-order valence-electron chi connectivity index (χ1n) is 4.99. The Morgan fingerprint density at radius 3 is 2.31 bits per heavy atom. The zero-order chi connectivity index (χ0) is 10.3. The molecule has 0 spiro atoms. The van der Waals surface area contributed by atoms with Crippen LogP contribution in [0, 0.1) is 16.7 Å². The molecule has 1 N–H and O–H groups in total. The largest absolute Gasteiger partial charge is 0.481 e. The second-order valence-electron chi connectivity index (χ2n) is 5.63. The van der Waals surface area contributed by atoms with E-state index >= 15 is 0 Å². The molecule has 0 bridgehead atoms. The van der Waals surface area contributed by atoms with E-state index in [4.69, 9.17) is 5.11 Å². The van der Waals surface area contributed by atoms with E-state index in [0.29, 0.717) is 11.3 Å². The van der Waals surface area contributed by atoms with Crippen molar-refractivity contribution in [3.05, 3.63) is 0 Å². The zero-order valence-electron chi connectivity index (χ0n) is 9.05. The Hall–Kier alpha value is -0.530. The van der Waals surface area contributed by atoms with Crippen molar-refractivity contribution < 1.29 is 9.90 Å². The third-order valence-corrected chi connectivity index (χ3v) is 3.54. The molecule has 0 saturated heterocycles. The van der Waals surface area contributed by atoms with E-state index < -0.39 is 11.4 Å². The molecule has 0 aliphatic heterocycles. The van der Waals surface area contributed by atoms with Gasteiger partial charge in [-0.2, -0.15) is 0 Å². The summed E-state index contributed by atoms with van der Waals surface area (Å²) in [4.78, 5) is 11.0. The van der Waals surface area contributed by atoms with E-state index in [1.807, 2.05) is 13.8 Å². The molecule has 13 heavy (non-hydrogen) atoms. The van der Waals surface area contributed by atoms with Crippen molar-refractivity contribution in [3.8, 4) is 0 Å². The third-order valence-electron chi connectivity index (χ3n) is 3.54. The van der Waals surface area contributed by atoms with Crippen LogP contribution in [0.15, 0.2) is 0 Å². The summed E-state index contributed by atoms with van der Waals surface area (Å²) in [5.74, 6) is -0.310. The summed E-state index contributed by atoms with van der Waals surface area (Å²) in [6.07, 6.45) is 3.27. The lowest BCUT2D eigenvalue weighted by Crippen LogP contribution is -2.31. The maximum absolute atomic E-state index is 11.0. The molecule has 0 radical (unpaired) electrons. The molecule has 1 fully saturated rings. The Balaban J connectivity index is 2.71. The molecule has 1 unspecified atom stereocenters. The number of rotatable bonds is 2. The molecule has 2 heteroatoms. The molecule has 1 atom stereocenters. The van der Waals surface area contributed by atoms with E-state index in [9.17, 15) is 4.79 Å². The van der Waals surface area contributed by atoms with Gasteiger partial charge < -0.3 is 5.11 Å². The van der Waals surface area contributed by atoms with Crippen LogP contribution in [0.25, 0.3) is 0 Å².